The van der Waals surface area contributed by atoms with Gasteiger partial charge >= 0.3 is 0 Å². The van der Waals surface area contributed by atoms with E-state index in [2.05, 4.69) is 305 Å². The van der Waals surface area contributed by atoms with Crippen molar-refractivity contribution in [1.29, 1.82) is 0 Å². The molecule has 0 heteroatoms. The predicted molar refractivity (Wildman–Crippen MR) is 377 cm³/mol. The summed E-state index contributed by atoms with van der Waals surface area (Å²) in [4.78, 5) is 0. The van der Waals surface area contributed by atoms with Crippen molar-refractivity contribution in [2.45, 2.75) is 337 Å². The Morgan fingerprint density at radius 2 is 0.833 bits per heavy atom. The lowest BCUT2D eigenvalue weighted by molar-refractivity contribution is -0.334. The van der Waals surface area contributed by atoms with E-state index in [1.807, 2.05) is 0 Å². The van der Waals surface area contributed by atoms with Crippen LogP contribution in [0.2, 0.25) is 0 Å². The van der Waals surface area contributed by atoms with E-state index in [0.29, 0.717) is 88.3 Å². The minimum atomic E-state index is -0.122. The Hall–Kier alpha value is 0. The first-order chi connectivity index (χ1) is 36.9. The van der Waals surface area contributed by atoms with Crippen LogP contribution in [0.1, 0.15) is 337 Å². The van der Waals surface area contributed by atoms with Gasteiger partial charge in [0.25, 0.3) is 0 Å². The standard InChI is InChI=1S/C84H160/c1-45-79(42,81(44)61(13)60(12)75(35,36)76(37,38)77(81,39)40)84(50(2)46-82(69(19,20)21,70(22,23)24)71(25,26)27)67(74(33,34)66-58(10)54(6)64(47-68(16,17)18)55(7)59(66)11)62(14)80(43)63(15)78(41,49-83(80,84)72(28,29)30)48-73(31,32)65-56(8)52(4)51(3)53(5)57(65)9/h50-67H,45-49H2,1-44H3. The molecule has 0 aromatic heterocycles. The quantitative estimate of drug-likeness (QED) is 0.183. The monoisotopic (exact) mass is 1170 g/mol. The van der Waals surface area contributed by atoms with Crippen molar-refractivity contribution in [1.82, 2.24) is 0 Å². The van der Waals surface area contributed by atoms with Gasteiger partial charge in [-0.15, -0.1) is 0 Å². The van der Waals surface area contributed by atoms with Crippen LogP contribution in [0.4, 0.5) is 0 Å². The van der Waals surface area contributed by atoms with Crippen molar-refractivity contribution < 1.29 is 0 Å². The van der Waals surface area contributed by atoms with Crippen LogP contribution in [0.25, 0.3) is 0 Å². The van der Waals surface area contributed by atoms with E-state index in [0.717, 1.165) is 23.7 Å². The third kappa shape index (κ3) is 9.34. The topological polar surface area (TPSA) is 0 Å². The minimum Gasteiger partial charge on any atom is -0.0648 e. The molecule has 5 saturated carbocycles. The van der Waals surface area contributed by atoms with Crippen molar-refractivity contribution >= 4 is 0 Å². The molecule has 5 aliphatic carbocycles. The molecular weight excluding hydrogens is 1010 g/mol. The zero-order valence-electron chi connectivity index (χ0n) is 66.4. The molecule has 5 rings (SSSR count). The van der Waals surface area contributed by atoms with Crippen molar-refractivity contribution in [2.24, 2.45) is 199 Å². The molecule has 0 aliphatic heterocycles. The summed E-state index contributed by atoms with van der Waals surface area (Å²) in [5, 5.41) is 0. The van der Waals surface area contributed by atoms with Gasteiger partial charge < -0.3 is 0 Å². The molecule has 0 aromatic carbocycles. The molecule has 0 nitrogen and oxygen atoms in total. The molecule has 20 unspecified atom stereocenters. The van der Waals surface area contributed by atoms with E-state index < -0.39 is 0 Å². The SMILES string of the molecule is CCC(C)(C1(C)C(C)C(C)C(C)(C)C(C)(C)C1(C)C)C1(C(C)CC(C(C)(C)C)(C(C)(C)C)C(C)(C)C)C(C(C)(C)C2C(C)C(C)C(CC(C)(C)C)C(C)C2C)C(C)C2(C)C(C)C(C)(CC(C)(C)C3C(C)C(C)C(C)C(C)C3C)CC21C(C)(C)C. The zero-order chi connectivity index (χ0) is 66.4. The fraction of sp³-hybridized carbons (Fsp3) is 1.00. The maximum Gasteiger partial charge on any atom is -0.0109 e. The van der Waals surface area contributed by atoms with Gasteiger partial charge in [0, 0.05) is 0 Å². The first-order valence-corrected chi connectivity index (χ1v) is 36.9. The molecule has 5 fully saturated rings. The molecule has 0 spiro atoms. The number of rotatable bonds is 12. The molecule has 496 valence electrons. The van der Waals surface area contributed by atoms with Crippen LogP contribution in [0.5, 0.6) is 0 Å². The second-order valence-corrected chi connectivity index (χ2v) is 43.5. The van der Waals surface area contributed by atoms with E-state index in [4.69, 9.17) is 0 Å². The average molecular weight is 1170 g/mol. The zero-order valence-corrected chi connectivity index (χ0v) is 66.4. The number of hydrogen-bond acceptors (Lipinski definition) is 0. The van der Waals surface area contributed by atoms with Gasteiger partial charge in [-0.2, -0.15) is 0 Å². The molecule has 0 radical (unpaired) electrons. The van der Waals surface area contributed by atoms with Gasteiger partial charge in [-0.25, -0.2) is 0 Å². The van der Waals surface area contributed by atoms with Gasteiger partial charge in [-0.1, -0.05) is 305 Å². The van der Waals surface area contributed by atoms with Gasteiger partial charge in [0.1, 0.15) is 0 Å². The van der Waals surface area contributed by atoms with Crippen molar-refractivity contribution in [3.8, 4) is 0 Å². The van der Waals surface area contributed by atoms with Crippen LogP contribution in [0.3, 0.4) is 0 Å². The predicted octanol–water partition coefficient (Wildman–Crippen LogP) is 26.7. The molecule has 20 atom stereocenters. The molecule has 0 N–H and O–H groups in total. The molecule has 0 aromatic rings. The molecule has 5 aliphatic rings. The van der Waals surface area contributed by atoms with Gasteiger partial charge in [0.15, 0.2) is 0 Å². The Kier molecular flexibility index (Phi) is 19.2. The average Bonchev–Trinajstić information content (AvgIpc) is 1.38. The van der Waals surface area contributed by atoms with E-state index in [-0.39, 0.29) is 86.6 Å². The van der Waals surface area contributed by atoms with Crippen LogP contribution in [-0.4, -0.2) is 0 Å². The first-order valence-electron chi connectivity index (χ1n) is 36.9. The maximum absolute atomic E-state index is 3.11. The van der Waals surface area contributed by atoms with Crippen LogP contribution in [0.15, 0.2) is 0 Å². The number of hydrogen-bond donors (Lipinski definition) is 0. The highest BCUT2D eigenvalue weighted by Gasteiger charge is 2.90. The van der Waals surface area contributed by atoms with Crippen LogP contribution < -0.4 is 0 Å². The molecule has 0 saturated heterocycles. The molecule has 0 bridgehead atoms. The second-order valence-electron chi connectivity index (χ2n) is 43.5. The summed E-state index contributed by atoms with van der Waals surface area (Å²) >= 11 is 0. The molecule has 0 amide bonds. The Bertz CT molecular complexity index is 2220. The summed E-state index contributed by atoms with van der Waals surface area (Å²) in [6.45, 7) is 123. The highest BCUT2D eigenvalue weighted by molar-refractivity contribution is 5.37. The fourth-order valence-electron chi connectivity index (χ4n) is 30.7. The normalized spacial score (nSPS) is 45.5. The summed E-state index contributed by atoms with van der Waals surface area (Å²) in [7, 11) is 0. The fourth-order valence-corrected chi connectivity index (χ4v) is 30.7. The summed E-state index contributed by atoms with van der Waals surface area (Å²) in [5.41, 5.74) is 0.610. The van der Waals surface area contributed by atoms with Crippen LogP contribution in [-0.2, 0) is 0 Å². The third-order valence-electron chi connectivity index (χ3n) is 35.6. The van der Waals surface area contributed by atoms with E-state index in [1.54, 1.807) is 0 Å². The first kappa shape index (κ1) is 74.7. The van der Waals surface area contributed by atoms with Gasteiger partial charge in [-0.3, -0.25) is 0 Å². The van der Waals surface area contributed by atoms with Crippen molar-refractivity contribution in [3.63, 3.8) is 0 Å². The summed E-state index contributed by atoms with van der Waals surface area (Å²) in [6, 6.07) is 0. The van der Waals surface area contributed by atoms with Gasteiger partial charge in [0.2, 0.25) is 0 Å². The summed E-state index contributed by atoms with van der Waals surface area (Å²) in [6.07, 6.45) is 6.38. The maximum atomic E-state index is 3.11. The van der Waals surface area contributed by atoms with Gasteiger partial charge in [0.05, 0.1) is 0 Å². The highest BCUT2D eigenvalue weighted by Crippen LogP contribution is 2.95. The summed E-state index contributed by atoms with van der Waals surface area (Å²) in [5.74, 6) is 11.2. The number of fused-ring (bicyclic) bond motifs is 1. The lowest BCUT2D eigenvalue weighted by atomic mass is 9.23. The highest BCUT2D eigenvalue weighted by atomic mass is 14.9. The second kappa shape index (κ2) is 21.5. The van der Waals surface area contributed by atoms with Crippen LogP contribution >= 0.6 is 0 Å². The van der Waals surface area contributed by atoms with E-state index >= 15 is 0 Å². The van der Waals surface area contributed by atoms with Crippen molar-refractivity contribution in [3.05, 3.63) is 0 Å². The molecule has 84 heavy (non-hydrogen) atoms. The lowest BCUT2D eigenvalue weighted by Crippen LogP contribution is -2.76. The van der Waals surface area contributed by atoms with E-state index in [1.165, 1.54) is 32.1 Å². The minimum absolute atomic E-state index is 0.00482. The Morgan fingerprint density at radius 1 is 0.452 bits per heavy atom. The van der Waals surface area contributed by atoms with Gasteiger partial charge in [-0.05, 0) is 231 Å². The smallest absolute Gasteiger partial charge is 0.0109 e. The Balaban J connectivity index is 2.21. The van der Waals surface area contributed by atoms with Crippen molar-refractivity contribution in [2.75, 3.05) is 0 Å². The summed E-state index contributed by atoms with van der Waals surface area (Å²) < 4.78 is 0. The Morgan fingerprint density at radius 3 is 1.19 bits per heavy atom. The Labute approximate surface area is 532 Å². The third-order valence-corrected chi connectivity index (χ3v) is 35.6. The van der Waals surface area contributed by atoms with Crippen LogP contribution in [0, 0.1) is 199 Å². The molecular formula is C84H160. The lowest BCUT2D eigenvalue weighted by Gasteiger charge is -2.81. The largest absolute Gasteiger partial charge is 0.0648 e. The van der Waals surface area contributed by atoms with E-state index in [9.17, 15) is 0 Å². The molecule has 0 heterocycles.